The van der Waals surface area contributed by atoms with Crippen molar-refractivity contribution in [3.63, 3.8) is 0 Å². The molecule has 3 aliphatic rings. The fourth-order valence-electron chi connectivity index (χ4n) is 5.17. The first kappa shape index (κ1) is 12.3. The lowest BCUT2D eigenvalue weighted by Gasteiger charge is -2.40. The van der Waals surface area contributed by atoms with Gasteiger partial charge in [0, 0.05) is 10.4 Å². The number of benzene rings is 2. The van der Waals surface area contributed by atoms with Crippen molar-refractivity contribution in [2.75, 3.05) is 0 Å². The number of fused-ring (bicyclic) bond motifs is 5. The van der Waals surface area contributed by atoms with Crippen molar-refractivity contribution in [2.24, 2.45) is 17.3 Å². The lowest BCUT2D eigenvalue weighted by molar-refractivity contribution is 0.195. The smallest absolute Gasteiger partial charge is 0.0484 e. The number of allylic oxidation sites excluding steroid dienone is 2. The van der Waals surface area contributed by atoms with Crippen LogP contribution in [-0.4, -0.2) is 0 Å². The van der Waals surface area contributed by atoms with Gasteiger partial charge in [-0.1, -0.05) is 42.0 Å². The lowest BCUT2D eigenvalue weighted by Crippen LogP contribution is -2.32. The van der Waals surface area contributed by atoms with Crippen molar-refractivity contribution in [3.8, 4) is 0 Å². The molecule has 3 unspecified atom stereocenters. The van der Waals surface area contributed by atoms with E-state index >= 15 is 0 Å². The lowest BCUT2D eigenvalue weighted by atomic mass is 9.64. The second kappa shape index (κ2) is 4.14. The standard InChI is InChI=1S/C20H19Cl/c21-19-3-1-2-15-9-14-6-7-20(12-16(14)10-18(15)19)11-13-4-5-17(20)8-13/h1-5,9-10,13,17H,6-8,11-12H2. The van der Waals surface area contributed by atoms with E-state index in [0.717, 1.165) is 16.9 Å². The van der Waals surface area contributed by atoms with Crippen LogP contribution in [-0.2, 0) is 12.8 Å². The van der Waals surface area contributed by atoms with Crippen LogP contribution < -0.4 is 0 Å². The SMILES string of the molecule is Clc1cccc2cc3c(cc12)CC1(CC3)CC2C=CC1C2. The largest absolute Gasteiger partial charge is 0.0851 e. The molecule has 2 aromatic rings. The van der Waals surface area contributed by atoms with Crippen LogP contribution >= 0.6 is 11.6 Å². The highest BCUT2D eigenvalue weighted by Crippen LogP contribution is 2.58. The fourth-order valence-corrected chi connectivity index (χ4v) is 5.41. The Morgan fingerprint density at radius 3 is 2.86 bits per heavy atom. The minimum absolute atomic E-state index is 0.557. The van der Waals surface area contributed by atoms with Gasteiger partial charge in [-0.25, -0.2) is 0 Å². The highest BCUT2D eigenvalue weighted by atomic mass is 35.5. The number of hydrogen-bond donors (Lipinski definition) is 0. The van der Waals surface area contributed by atoms with E-state index in [9.17, 15) is 0 Å². The Kier molecular flexibility index (Phi) is 2.42. The van der Waals surface area contributed by atoms with Crippen molar-refractivity contribution in [3.05, 3.63) is 58.6 Å². The summed E-state index contributed by atoms with van der Waals surface area (Å²) in [5, 5.41) is 3.42. The molecule has 1 spiro atoms. The summed E-state index contributed by atoms with van der Waals surface area (Å²) in [7, 11) is 0. The van der Waals surface area contributed by atoms with Crippen LogP contribution in [0.4, 0.5) is 0 Å². The number of aryl methyl sites for hydroxylation is 1. The van der Waals surface area contributed by atoms with Gasteiger partial charge in [-0.2, -0.15) is 0 Å². The third-order valence-electron chi connectivity index (χ3n) is 6.21. The molecule has 1 saturated carbocycles. The van der Waals surface area contributed by atoms with Gasteiger partial charge in [-0.15, -0.1) is 0 Å². The first-order valence-electron chi connectivity index (χ1n) is 8.12. The Labute approximate surface area is 130 Å². The van der Waals surface area contributed by atoms with Gasteiger partial charge < -0.3 is 0 Å². The van der Waals surface area contributed by atoms with E-state index in [2.05, 4.69) is 36.4 Å². The molecule has 2 aromatic carbocycles. The molecule has 1 fully saturated rings. The molecule has 106 valence electrons. The van der Waals surface area contributed by atoms with Crippen LogP contribution in [0.2, 0.25) is 5.02 Å². The van der Waals surface area contributed by atoms with Crippen molar-refractivity contribution in [1.29, 1.82) is 0 Å². The summed E-state index contributed by atoms with van der Waals surface area (Å²) in [6.07, 6.45) is 11.7. The van der Waals surface area contributed by atoms with E-state index < -0.39 is 0 Å². The number of halogens is 1. The minimum Gasteiger partial charge on any atom is -0.0851 e. The predicted molar refractivity (Wildman–Crippen MR) is 88.8 cm³/mol. The van der Waals surface area contributed by atoms with Gasteiger partial charge in [-0.3, -0.25) is 0 Å². The first-order valence-corrected chi connectivity index (χ1v) is 8.50. The van der Waals surface area contributed by atoms with Crippen molar-refractivity contribution in [2.45, 2.75) is 32.1 Å². The van der Waals surface area contributed by atoms with E-state index in [4.69, 9.17) is 11.6 Å². The quantitative estimate of drug-likeness (QED) is 0.558. The zero-order chi connectivity index (χ0) is 14.0. The normalized spacial score (nSPS) is 33.0. The molecule has 0 heterocycles. The molecule has 21 heavy (non-hydrogen) atoms. The first-order chi connectivity index (χ1) is 10.2. The van der Waals surface area contributed by atoms with Crippen molar-refractivity contribution in [1.82, 2.24) is 0 Å². The third-order valence-corrected chi connectivity index (χ3v) is 6.54. The van der Waals surface area contributed by atoms with Gasteiger partial charge in [0.1, 0.15) is 0 Å². The van der Waals surface area contributed by atoms with Crippen LogP contribution in [0.25, 0.3) is 10.8 Å². The summed E-state index contributed by atoms with van der Waals surface area (Å²) >= 11 is 6.40. The monoisotopic (exact) mass is 294 g/mol. The molecule has 1 heteroatoms. The predicted octanol–water partition coefficient (Wildman–Crippen LogP) is 5.56. The van der Waals surface area contributed by atoms with Gasteiger partial charge in [0.05, 0.1) is 0 Å². The Morgan fingerprint density at radius 2 is 2.05 bits per heavy atom. The van der Waals surface area contributed by atoms with Crippen LogP contribution in [0.3, 0.4) is 0 Å². The van der Waals surface area contributed by atoms with Crippen LogP contribution in [0, 0.1) is 17.3 Å². The maximum absolute atomic E-state index is 6.40. The molecule has 0 amide bonds. The van der Waals surface area contributed by atoms with Crippen molar-refractivity contribution >= 4 is 22.4 Å². The van der Waals surface area contributed by atoms with Crippen LogP contribution in [0.15, 0.2) is 42.5 Å². The van der Waals surface area contributed by atoms with E-state index in [1.54, 1.807) is 11.1 Å². The molecule has 0 saturated heterocycles. The summed E-state index contributed by atoms with van der Waals surface area (Å²) in [5.41, 5.74) is 3.67. The Bertz CT molecular complexity index is 773. The maximum atomic E-state index is 6.40. The highest BCUT2D eigenvalue weighted by molar-refractivity contribution is 6.35. The Balaban J connectivity index is 1.63. The zero-order valence-electron chi connectivity index (χ0n) is 12.1. The van der Waals surface area contributed by atoms with E-state index in [0.29, 0.717) is 5.41 Å². The topological polar surface area (TPSA) is 0 Å². The summed E-state index contributed by atoms with van der Waals surface area (Å²) in [5.74, 6) is 1.69. The Morgan fingerprint density at radius 1 is 1.10 bits per heavy atom. The molecule has 0 aliphatic heterocycles. The molecule has 0 aromatic heterocycles. The van der Waals surface area contributed by atoms with Crippen LogP contribution in [0.5, 0.6) is 0 Å². The molecule has 0 N–H and O–H groups in total. The summed E-state index contributed by atoms with van der Waals surface area (Å²) in [4.78, 5) is 0. The van der Waals surface area contributed by atoms with Gasteiger partial charge in [0.2, 0.25) is 0 Å². The summed E-state index contributed by atoms with van der Waals surface area (Å²) in [6.45, 7) is 0. The molecule has 2 bridgehead atoms. The highest BCUT2D eigenvalue weighted by Gasteiger charge is 2.49. The summed E-state index contributed by atoms with van der Waals surface area (Å²) < 4.78 is 0. The molecule has 5 rings (SSSR count). The Hall–Kier alpha value is -1.27. The average molecular weight is 295 g/mol. The van der Waals surface area contributed by atoms with Crippen LogP contribution in [0.1, 0.15) is 30.4 Å². The zero-order valence-corrected chi connectivity index (χ0v) is 12.9. The second-order valence-corrected chi connectivity index (χ2v) is 7.72. The summed E-state index contributed by atoms with van der Waals surface area (Å²) in [6, 6.07) is 11.0. The van der Waals surface area contributed by atoms with E-state index in [1.165, 1.54) is 42.9 Å². The van der Waals surface area contributed by atoms with Gasteiger partial charge in [0.25, 0.3) is 0 Å². The van der Waals surface area contributed by atoms with Gasteiger partial charge in [0.15, 0.2) is 0 Å². The van der Waals surface area contributed by atoms with Gasteiger partial charge >= 0.3 is 0 Å². The van der Waals surface area contributed by atoms with E-state index in [1.807, 2.05) is 6.07 Å². The van der Waals surface area contributed by atoms with Gasteiger partial charge in [-0.05, 0) is 78.0 Å². The maximum Gasteiger partial charge on any atom is 0.0484 e. The second-order valence-electron chi connectivity index (χ2n) is 7.31. The molecular weight excluding hydrogens is 276 g/mol. The third kappa shape index (κ3) is 1.69. The number of rotatable bonds is 0. The molecular formula is C20H19Cl. The molecule has 0 radical (unpaired) electrons. The average Bonchev–Trinajstić information content (AvgIpc) is 3.07. The fraction of sp³-hybridized carbons (Fsp3) is 0.400. The molecule has 3 atom stereocenters. The molecule has 3 aliphatic carbocycles. The minimum atomic E-state index is 0.557. The number of hydrogen-bond acceptors (Lipinski definition) is 0. The van der Waals surface area contributed by atoms with E-state index in [-0.39, 0.29) is 0 Å². The molecule has 0 nitrogen and oxygen atoms in total. The van der Waals surface area contributed by atoms with Crippen molar-refractivity contribution < 1.29 is 0 Å².